The zero-order chi connectivity index (χ0) is 18.5. The number of piperazine rings is 1. The zero-order valence-corrected chi connectivity index (χ0v) is 14.9. The number of hydrogen-bond acceptors (Lipinski definition) is 3. The van der Waals surface area contributed by atoms with E-state index in [1.54, 1.807) is 41.3 Å². The Balaban J connectivity index is 1.49. The molecule has 2 aromatic carbocycles. The molecule has 0 bridgehead atoms. The van der Waals surface area contributed by atoms with E-state index in [2.05, 4.69) is 5.32 Å². The Morgan fingerprint density at radius 3 is 2.31 bits per heavy atom. The van der Waals surface area contributed by atoms with Crippen molar-refractivity contribution in [2.45, 2.75) is 0 Å². The number of nitrogens with one attached hydrogen (secondary N) is 1. The smallest absolute Gasteiger partial charge is 0.256 e. The molecule has 7 heteroatoms. The SMILES string of the molecule is O=C(CN1CCN(C(=O)c2ccccc2F)CC1)Nc1ccc(Cl)cc1. The van der Waals surface area contributed by atoms with Crippen LogP contribution < -0.4 is 5.32 Å². The third-order valence-corrected chi connectivity index (χ3v) is 4.51. The van der Waals surface area contributed by atoms with Crippen molar-refractivity contribution in [3.63, 3.8) is 0 Å². The molecule has 0 aromatic heterocycles. The number of rotatable bonds is 4. The summed E-state index contributed by atoms with van der Waals surface area (Å²) < 4.78 is 13.8. The quantitative estimate of drug-likeness (QED) is 0.894. The fourth-order valence-electron chi connectivity index (χ4n) is 2.85. The van der Waals surface area contributed by atoms with Crippen LogP contribution in [0, 0.1) is 5.82 Å². The topological polar surface area (TPSA) is 52.7 Å². The van der Waals surface area contributed by atoms with Crippen molar-refractivity contribution >= 4 is 29.1 Å². The monoisotopic (exact) mass is 375 g/mol. The van der Waals surface area contributed by atoms with Crippen molar-refractivity contribution in [3.05, 3.63) is 64.9 Å². The van der Waals surface area contributed by atoms with Crippen LogP contribution in [0.25, 0.3) is 0 Å². The van der Waals surface area contributed by atoms with E-state index >= 15 is 0 Å². The lowest BCUT2D eigenvalue weighted by molar-refractivity contribution is -0.117. The highest BCUT2D eigenvalue weighted by Gasteiger charge is 2.24. The third kappa shape index (κ3) is 4.59. The minimum absolute atomic E-state index is 0.0847. The fourth-order valence-corrected chi connectivity index (χ4v) is 2.98. The normalized spacial score (nSPS) is 14.9. The molecule has 2 aromatic rings. The minimum atomic E-state index is -0.512. The van der Waals surface area contributed by atoms with Crippen LogP contribution >= 0.6 is 11.6 Å². The summed E-state index contributed by atoms with van der Waals surface area (Å²) in [5.41, 5.74) is 0.772. The van der Waals surface area contributed by atoms with Crippen LogP contribution in [-0.2, 0) is 4.79 Å². The van der Waals surface area contributed by atoms with Gasteiger partial charge in [-0.25, -0.2) is 4.39 Å². The van der Waals surface area contributed by atoms with Crippen molar-refractivity contribution in [3.8, 4) is 0 Å². The average Bonchev–Trinajstić information content (AvgIpc) is 2.64. The van der Waals surface area contributed by atoms with E-state index in [1.807, 2.05) is 4.90 Å². The first kappa shape index (κ1) is 18.4. The van der Waals surface area contributed by atoms with Gasteiger partial charge in [0, 0.05) is 36.9 Å². The van der Waals surface area contributed by atoms with E-state index in [4.69, 9.17) is 11.6 Å². The average molecular weight is 376 g/mol. The summed E-state index contributed by atoms with van der Waals surface area (Å²) in [5.74, 6) is -0.947. The van der Waals surface area contributed by atoms with Gasteiger partial charge in [0.05, 0.1) is 12.1 Å². The Morgan fingerprint density at radius 2 is 1.65 bits per heavy atom. The number of carbonyl (C=O) groups excluding carboxylic acids is 2. The summed E-state index contributed by atoms with van der Waals surface area (Å²) >= 11 is 5.82. The van der Waals surface area contributed by atoms with Crippen LogP contribution in [0.1, 0.15) is 10.4 Å². The van der Waals surface area contributed by atoms with Crippen molar-refractivity contribution in [2.75, 3.05) is 38.0 Å². The first-order valence-corrected chi connectivity index (χ1v) is 8.72. The maximum atomic E-state index is 13.8. The molecule has 2 amide bonds. The van der Waals surface area contributed by atoms with Gasteiger partial charge < -0.3 is 10.2 Å². The Labute approximate surface area is 156 Å². The second-order valence-electron chi connectivity index (χ2n) is 6.10. The molecule has 3 rings (SSSR count). The molecule has 1 fully saturated rings. The molecule has 0 atom stereocenters. The summed E-state index contributed by atoms with van der Waals surface area (Å²) in [6.07, 6.45) is 0. The van der Waals surface area contributed by atoms with Crippen molar-refractivity contribution in [1.82, 2.24) is 9.80 Å². The number of carbonyl (C=O) groups is 2. The van der Waals surface area contributed by atoms with E-state index in [0.717, 1.165) is 0 Å². The van der Waals surface area contributed by atoms with Crippen molar-refractivity contribution in [1.29, 1.82) is 0 Å². The van der Waals surface area contributed by atoms with Gasteiger partial charge in [0.25, 0.3) is 5.91 Å². The zero-order valence-electron chi connectivity index (χ0n) is 14.1. The maximum Gasteiger partial charge on any atom is 0.256 e. The number of halogens is 2. The van der Waals surface area contributed by atoms with Crippen LogP contribution in [0.4, 0.5) is 10.1 Å². The van der Waals surface area contributed by atoms with Crippen molar-refractivity contribution in [2.24, 2.45) is 0 Å². The standard InChI is InChI=1S/C19H19ClFN3O2/c20-14-5-7-15(8-6-14)22-18(25)13-23-9-11-24(12-10-23)19(26)16-3-1-2-4-17(16)21/h1-8H,9-13H2,(H,22,25). The first-order chi connectivity index (χ1) is 12.5. The molecule has 1 heterocycles. The van der Waals surface area contributed by atoms with Crippen LogP contribution in [0.2, 0.25) is 5.02 Å². The molecule has 0 spiro atoms. The minimum Gasteiger partial charge on any atom is -0.336 e. The van der Waals surface area contributed by atoms with Crippen LogP contribution in [0.5, 0.6) is 0 Å². The molecule has 1 N–H and O–H groups in total. The number of hydrogen-bond donors (Lipinski definition) is 1. The summed E-state index contributed by atoms with van der Waals surface area (Å²) in [5, 5.41) is 3.42. The van der Waals surface area contributed by atoms with Crippen molar-refractivity contribution < 1.29 is 14.0 Å². The molecular formula is C19H19ClFN3O2. The third-order valence-electron chi connectivity index (χ3n) is 4.26. The van der Waals surface area contributed by atoms with E-state index in [0.29, 0.717) is 36.9 Å². The highest BCUT2D eigenvalue weighted by molar-refractivity contribution is 6.30. The molecule has 1 aliphatic rings. The highest BCUT2D eigenvalue weighted by Crippen LogP contribution is 2.14. The highest BCUT2D eigenvalue weighted by atomic mass is 35.5. The summed E-state index contributed by atoms with van der Waals surface area (Å²) in [7, 11) is 0. The van der Waals surface area contributed by atoms with E-state index < -0.39 is 5.82 Å². The molecule has 1 saturated heterocycles. The van der Waals surface area contributed by atoms with E-state index in [-0.39, 0.29) is 23.9 Å². The van der Waals surface area contributed by atoms with E-state index in [1.165, 1.54) is 12.1 Å². The Hall–Kier alpha value is -2.44. The largest absolute Gasteiger partial charge is 0.336 e. The van der Waals surface area contributed by atoms with Gasteiger partial charge >= 0.3 is 0 Å². The molecule has 5 nitrogen and oxygen atoms in total. The lowest BCUT2D eigenvalue weighted by atomic mass is 10.1. The van der Waals surface area contributed by atoms with Gasteiger partial charge in [-0.2, -0.15) is 0 Å². The molecule has 0 aliphatic carbocycles. The molecule has 26 heavy (non-hydrogen) atoms. The van der Waals surface area contributed by atoms with Gasteiger partial charge in [-0.1, -0.05) is 23.7 Å². The number of amides is 2. The van der Waals surface area contributed by atoms with Crippen LogP contribution in [0.15, 0.2) is 48.5 Å². The van der Waals surface area contributed by atoms with Gasteiger partial charge in [-0.15, -0.1) is 0 Å². The second-order valence-corrected chi connectivity index (χ2v) is 6.54. The molecular weight excluding hydrogens is 357 g/mol. The maximum absolute atomic E-state index is 13.8. The summed E-state index contributed by atoms with van der Waals surface area (Å²) in [6.45, 7) is 2.29. The van der Waals surface area contributed by atoms with Crippen LogP contribution in [-0.4, -0.2) is 54.3 Å². The summed E-state index contributed by atoms with van der Waals surface area (Å²) in [6, 6.07) is 12.9. The Morgan fingerprint density at radius 1 is 1.00 bits per heavy atom. The van der Waals surface area contributed by atoms with E-state index in [9.17, 15) is 14.0 Å². The molecule has 0 unspecified atom stereocenters. The molecule has 0 radical (unpaired) electrons. The van der Waals surface area contributed by atoms with Gasteiger partial charge in [-0.3, -0.25) is 14.5 Å². The fraction of sp³-hybridized carbons (Fsp3) is 0.263. The Bertz CT molecular complexity index is 790. The molecule has 0 saturated carbocycles. The van der Waals surface area contributed by atoms with Gasteiger partial charge in [-0.05, 0) is 36.4 Å². The lowest BCUT2D eigenvalue weighted by Gasteiger charge is -2.34. The van der Waals surface area contributed by atoms with Gasteiger partial charge in [0.1, 0.15) is 5.82 Å². The number of nitrogens with zero attached hydrogens (tertiary/aromatic N) is 2. The number of benzene rings is 2. The van der Waals surface area contributed by atoms with Gasteiger partial charge in [0.2, 0.25) is 5.91 Å². The second kappa shape index (κ2) is 8.29. The predicted molar refractivity (Wildman–Crippen MR) is 98.8 cm³/mol. The van der Waals surface area contributed by atoms with Crippen LogP contribution in [0.3, 0.4) is 0 Å². The summed E-state index contributed by atoms with van der Waals surface area (Å²) in [4.78, 5) is 28.1. The van der Waals surface area contributed by atoms with Gasteiger partial charge in [0.15, 0.2) is 0 Å². The molecule has 1 aliphatic heterocycles. The predicted octanol–water partition coefficient (Wildman–Crippen LogP) is 2.88. The lowest BCUT2D eigenvalue weighted by Crippen LogP contribution is -2.50. The number of anilines is 1. The first-order valence-electron chi connectivity index (χ1n) is 8.34. The Kier molecular flexibility index (Phi) is 5.85. The molecule has 136 valence electrons.